The van der Waals surface area contributed by atoms with E-state index in [0.717, 1.165) is 32.4 Å². The third-order valence-electron chi connectivity index (χ3n) is 5.89. The molecule has 4 heteroatoms. The van der Waals surface area contributed by atoms with Crippen LogP contribution in [0.5, 0.6) is 0 Å². The maximum Gasteiger partial charge on any atom is 0.0514 e. The zero-order valence-electron chi connectivity index (χ0n) is 16.9. The van der Waals surface area contributed by atoms with Gasteiger partial charge in [0.15, 0.2) is 0 Å². The van der Waals surface area contributed by atoms with Crippen molar-refractivity contribution >= 4 is 20.1 Å². The van der Waals surface area contributed by atoms with Gasteiger partial charge in [-0.05, 0) is 51.2 Å². The summed E-state index contributed by atoms with van der Waals surface area (Å²) < 4.78 is 0. The van der Waals surface area contributed by atoms with Crippen molar-refractivity contribution < 1.29 is 0 Å². The van der Waals surface area contributed by atoms with Crippen molar-refractivity contribution in [1.82, 2.24) is 10.6 Å². The lowest BCUT2D eigenvalue weighted by molar-refractivity contribution is 0.408. The molecule has 1 atom stereocenters. The molecule has 0 aromatic carbocycles. The van der Waals surface area contributed by atoms with Gasteiger partial charge in [0.1, 0.15) is 0 Å². The largest absolute Gasteiger partial charge is 0.303 e. The molecule has 0 aromatic rings. The van der Waals surface area contributed by atoms with Gasteiger partial charge in [-0.25, -0.2) is 20.1 Å². The Morgan fingerprint density at radius 3 is 1.57 bits per heavy atom. The molecule has 0 bridgehead atoms. The normalized spacial score (nSPS) is 17.4. The fourth-order valence-corrected chi connectivity index (χ4v) is 6.94. The second-order valence-corrected chi connectivity index (χ2v) is 15.3. The Bertz CT molecular complexity index is 387. The molecule has 2 nitrogen and oxygen atoms in total. The number of hydrogen-bond donors (Lipinski definition) is 2. The molecule has 0 aliphatic heterocycles. The molecule has 0 amide bonds. The van der Waals surface area contributed by atoms with Gasteiger partial charge < -0.3 is 10.6 Å². The topological polar surface area (TPSA) is 24.1 Å². The van der Waals surface area contributed by atoms with Crippen LogP contribution in [0, 0.1) is 0 Å². The third-order valence-corrected chi connectivity index (χ3v) is 13.0. The molecule has 0 aromatic heterocycles. The van der Waals surface area contributed by atoms with Crippen LogP contribution in [0.25, 0.3) is 0 Å². The summed E-state index contributed by atoms with van der Waals surface area (Å²) in [6.45, 7) is 19.3. The van der Waals surface area contributed by atoms with E-state index in [-0.39, 0.29) is 9.74 Å². The summed E-state index contributed by atoms with van der Waals surface area (Å²) in [5.41, 5.74) is 0. The zero-order valence-corrected chi connectivity index (χ0v) is 18.6. The van der Waals surface area contributed by atoms with Gasteiger partial charge in [0.2, 0.25) is 0 Å². The lowest BCUT2D eigenvalue weighted by Crippen LogP contribution is -2.52. The lowest BCUT2D eigenvalue weighted by Gasteiger charge is -2.50. The molecular weight excluding hydrogens is 320 g/mol. The highest BCUT2D eigenvalue weighted by atomic mass is 32.3. The van der Waals surface area contributed by atoms with Gasteiger partial charge in [0, 0.05) is 18.0 Å². The van der Waals surface area contributed by atoms with Crippen molar-refractivity contribution in [2.75, 3.05) is 38.1 Å². The second-order valence-electron chi connectivity index (χ2n) is 7.28. The quantitative estimate of drug-likeness (QED) is 0.465. The highest BCUT2D eigenvalue weighted by Gasteiger charge is 2.37. The van der Waals surface area contributed by atoms with Crippen molar-refractivity contribution in [2.24, 2.45) is 0 Å². The third kappa shape index (κ3) is 5.04. The van der Waals surface area contributed by atoms with E-state index >= 15 is 0 Å². The van der Waals surface area contributed by atoms with Crippen molar-refractivity contribution in [3.8, 4) is 0 Å². The van der Waals surface area contributed by atoms with E-state index in [4.69, 9.17) is 0 Å². The summed E-state index contributed by atoms with van der Waals surface area (Å²) in [7, 11) is -1.72. The van der Waals surface area contributed by atoms with E-state index in [1.165, 1.54) is 0 Å². The first-order valence-electron chi connectivity index (χ1n) is 8.72. The molecule has 0 heterocycles. The molecule has 1 unspecified atom stereocenters. The minimum atomic E-state index is -0.863. The SMILES string of the molecule is C=CS(C)(C)C(C)(CC)NCCNC(CC)(CC)S(C)(C)C=C. The molecule has 0 aliphatic rings. The summed E-state index contributed by atoms with van der Waals surface area (Å²) in [6.07, 6.45) is 12.8. The van der Waals surface area contributed by atoms with E-state index in [1.807, 2.05) is 0 Å². The van der Waals surface area contributed by atoms with Crippen LogP contribution in [0.2, 0.25) is 0 Å². The van der Waals surface area contributed by atoms with Gasteiger partial charge in [0.25, 0.3) is 0 Å². The van der Waals surface area contributed by atoms with Crippen LogP contribution in [0.4, 0.5) is 0 Å². The van der Waals surface area contributed by atoms with Crippen LogP contribution < -0.4 is 10.6 Å². The highest BCUT2D eigenvalue weighted by molar-refractivity contribution is 8.36. The Hall–Kier alpha value is 0.1000. The Kier molecular flexibility index (Phi) is 9.02. The summed E-state index contributed by atoms with van der Waals surface area (Å²) in [4.78, 5) is 0.345. The van der Waals surface area contributed by atoms with Gasteiger partial charge in [-0.3, -0.25) is 0 Å². The molecule has 0 spiro atoms. The zero-order chi connectivity index (χ0) is 18.4. The summed E-state index contributed by atoms with van der Waals surface area (Å²) in [5, 5.41) is 12.0. The number of nitrogens with one attached hydrogen (secondary N) is 2. The Labute approximate surface area is 149 Å². The van der Waals surface area contributed by atoms with E-state index in [9.17, 15) is 0 Å². The maximum atomic E-state index is 4.09. The van der Waals surface area contributed by atoms with Gasteiger partial charge >= 0.3 is 0 Å². The van der Waals surface area contributed by atoms with Crippen LogP contribution in [0.15, 0.2) is 24.0 Å². The minimum Gasteiger partial charge on any atom is -0.303 e. The highest BCUT2D eigenvalue weighted by Crippen LogP contribution is 2.56. The molecule has 0 radical (unpaired) electrons. The van der Waals surface area contributed by atoms with Crippen LogP contribution in [0.1, 0.15) is 47.0 Å². The van der Waals surface area contributed by atoms with E-state index < -0.39 is 20.1 Å². The van der Waals surface area contributed by atoms with Crippen LogP contribution >= 0.6 is 20.1 Å². The Morgan fingerprint density at radius 2 is 1.22 bits per heavy atom. The predicted octanol–water partition coefficient (Wildman–Crippen LogP) is 5.22. The molecule has 23 heavy (non-hydrogen) atoms. The first-order chi connectivity index (χ1) is 10.5. The van der Waals surface area contributed by atoms with Crippen LogP contribution in [0.3, 0.4) is 0 Å². The predicted molar refractivity (Wildman–Crippen MR) is 117 cm³/mol. The van der Waals surface area contributed by atoms with Crippen LogP contribution in [-0.4, -0.2) is 47.9 Å². The van der Waals surface area contributed by atoms with Gasteiger partial charge in [0.05, 0.1) is 4.87 Å². The molecule has 0 fully saturated rings. The molecule has 0 saturated carbocycles. The van der Waals surface area contributed by atoms with Crippen LogP contribution in [-0.2, 0) is 0 Å². The number of hydrogen-bond acceptors (Lipinski definition) is 2. The average molecular weight is 363 g/mol. The standard InChI is InChI=1S/C19H42N2S2/c1-11-18(6,22(7,8)14-4)20-16-17-21-19(12-2,13-3)23(9,10)15-5/h14-15,20-21H,4-5,11-13,16-17H2,1-3,6-10H3. The maximum absolute atomic E-state index is 4.09. The monoisotopic (exact) mass is 362 g/mol. The van der Waals surface area contributed by atoms with Gasteiger partial charge in [-0.2, -0.15) is 0 Å². The van der Waals surface area contributed by atoms with E-state index in [1.54, 1.807) is 0 Å². The Balaban J connectivity index is 4.87. The summed E-state index contributed by atoms with van der Waals surface area (Å²) >= 11 is 0. The van der Waals surface area contributed by atoms with Crippen molar-refractivity contribution in [3.05, 3.63) is 24.0 Å². The summed E-state index contributed by atoms with van der Waals surface area (Å²) in [5.74, 6) is 0. The van der Waals surface area contributed by atoms with Crippen molar-refractivity contribution in [2.45, 2.75) is 56.7 Å². The van der Waals surface area contributed by atoms with E-state index in [2.05, 4.69) is 87.3 Å². The van der Waals surface area contributed by atoms with Crippen molar-refractivity contribution in [1.29, 1.82) is 0 Å². The number of rotatable bonds is 12. The molecule has 140 valence electrons. The molecule has 0 aliphatic carbocycles. The fourth-order valence-electron chi connectivity index (χ4n) is 3.07. The first-order valence-corrected chi connectivity index (χ1v) is 13.7. The average Bonchev–Trinajstić information content (AvgIpc) is 2.54. The van der Waals surface area contributed by atoms with Gasteiger partial charge in [-0.1, -0.05) is 44.7 Å². The van der Waals surface area contributed by atoms with Gasteiger partial charge in [-0.15, -0.1) is 0 Å². The molecule has 2 N–H and O–H groups in total. The minimum absolute atomic E-state index is 0.151. The van der Waals surface area contributed by atoms with Crippen molar-refractivity contribution in [3.63, 3.8) is 0 Å². The molecular formula is C19H42N2S2. The molecule has 0 saturated heterocycles. The lowest BCUT2D eigenvalue weighted by atomic mass is 10.1. The summed E-state index contributed by atoms with van der Waals surface area (Å²) in [6, 6.07) is 0. The Morgan fingerprint density at radius 1 is 0.783 bits per heavy atom. The smallest absolute Gasteiger partial charge is 0.0514 e. The second kappa shape index (κ2) is 8.98. The molecule has 0 rings (SSSR count). The first kappa shape index (κ1) is 23.1. The van der Waals surface area contributed by atoms with E-state index in [0.29, 0.717) is 0 Å². The fraction of sp³-hybridized carbons (Fsp3) is 0.789.